The van der Waals surface area contributed by atoms with Gasteiger partial charge in [0.1, 0.15) is 5.75 Å². The van der Waals surface area contributed by atoms with E-state index in [-0.39, 0.29) is 11.4 Å². The first kappa shape index (κ1) is 24.9. The lowest BCUT2D eigenvalue weighted by Crippen LogP contribution is -2.40. The molecule has 0 saturated carbocycles. The van der Waals surface area contributed by atoms with Crippen LogP contribution in [0.4, 0.5) is 23.7 Å². The zero-order chi connectivity index (χ0) is 24.6. The Balaban J connectivity index is 1.92. The van der Waals surface area contributed by atoms with Gasteiger partial charge in [-0.05, 0) is 47.1 Å². The van der Waals surface area contributed by atoms with E-state index < -0.39 is 41.4 Å². The van der Waals surface area contributed by atoms with Gasteiger partial charge >= 0.3 is 12.2 Å². The van der Waals surface area contributed by atoms with E-state index >= 15 is 0 Å². The minimum absolute atomic E-state index is 0.00248. The first-order valence-corrected chi connectivity index (χ1v) is 10.7. The number of carbonyl (C=O) groups excluding carboxylic acids is 1. The third-order valence-electron chi connectivity index (χ3n) is 6.35. The normalized spacial score (nSPS) is 19.1. The molecule has 1 unspecified atom stereocenters. The van der Waals surface area contributed by atoms with Crippen molar-refractivity contribution in [2.45, 2.75) is 63.5 Å². The van der Waals surface area contributed by atoms with Gasteiger partial charge in [0.2, 0.25) is 0 Å². The number of methoxy groups -OCH3 is 1. The Morgan fingerprint density at radius 3 is 2.48 bits per heavy atom. The number of hydrogen-bond acceptors (Lipinski definition) is 4. The van der Waals surface area contributed by atoms with E-state index in [0.717, 1.165) is 11.1 Å². The van der Waals surface area contributed by atoms with Crippen molar-refractivity contribution in [2.75, 3.05) is 12.4 Å². The Hall–Kier alpha value is -2.78. The molecule has 9 heteroatoms. The van der Waals surface area contributed by atoms with Gasteiger partial charge in [-0.2, -0.15) is 13.2 Å². The third-order valence-corrected chi connectivity index (χ3v) is 6.35. The fourth-order valence-electron chi connectivity index (χ4n) is 3.98. The molecule has 3 rings (SSSR count). The SMILES string of the molecule is CCC(C)(C)c1cc(NC(=O)N[C@@H]2Cc3ccccc3[C@@H]2O)c(OC)c(C(O)C(F)(F)F)c1. The summed E-state index contributed by atoms with van der Waals surface area (Å²) in [5.41, 5.74) is 1.14. The molecule has 2 aromatic carbocycles. The Kier molecular flexibility index (Phi) is 6.95. The molecule has 0 aromatic heterocycles. The number of fused-ring (bicyclic) bond motifs is 1. The molecule has 4 N–H and O–H groups in total. The third kappa shape index (κ3) is 5.09. The number of halogens is 3. The number of carbonyl (C=O) groups is 1. The number of rotatable bonds is 6. The molecule has 33 heavy (non-hydrogen) atoms. The van der Waals surface area contributed by atoms with Crippen LogP contribution in [0.25, 0.3) is 0 Å². The average Bonchev–Trinajstić information content (AvgIpc) is 3.07. The summed E-state index contributed by atoms with van der Waals surface area (Å²) in [6.07, 6.45) is -7.57. The lowest BCUT2D eigenvalue weighted by atomic mass is 9.80. The highest BCUT2D eigenvalue weighted by Gasteiger charge is 2.42. The van der Waals surface area contributed by atoms with Gasteiger partial charge in [-0.3, -0.25) is 0 Å². The van der Waals surface area contributed by atoms with E-state index in [2.05, 4.69) is 10.6 Å². The summed E-state index contributed by atoms with van der Waals surface area (Å²) in [5, 5.41) is 25.7. The van der Waals surface area contributed by atoms with Gasteiger partial charge in [-0.15, -0.1) is 0 Å². The summed E-state index contributed by atoms with van der Waals surface area (Å²) in [6, 6.07) is 8.80. The predicted molar refractivity (Wildman–Crippen MR) is 118 cm³/mol. The molecule has 0 spiro atoms. The molecule has 3 atom stereocenters. The van der Waals surface area contributed by atoms with Crippen molar-refractivity contribution in [3.05, 3.63) is 58.7 Å². The zero-order valence-electron chi connectivity index (χ0n) is 19.0. The van der Waals surface area contributed by atoms with Gasteiger partial charge in [-0.1, -0.05) is 45.0 Å². The van der Waals surface area contributed by atoms with Crippen LogP contribution in [0.2, 0.25) is 0 Å². The summed E-state index contributed by atoms with van der Waals surface area (Å²) in [5.74, 6) is -0.277. The fraction of sp³-hybridized carbons (Fsp3) is 0.458. The number of hydrogen-bond donors (Lipinski definition) is 4. The van der Waals surface area contributed by atoms with Crippen LogP contribution < -0.4 is 15.4 Å². The number of aliphatic hydroxyl groups is 2. The fourth-order valence-corrected chi connectivity index (χ4v) is 3.98. The van der Waals surface area contributed by atoms with Crippen molar-refractivity contribution >= 4 is 11.7 Å². The Labute approximate surface area is 190 Å². The number of urea groups is 1. The molecular formula is C24H29F3N2O4. The van der Waals surface area contributed by atoms with Crippen LogP contribution in [0.1, 0.15) is 61.7 Å². The summed E-state index contributed by atoms with van der Waals surface area (Å²) in [7, 11) is 1.17. The number of benzene rings is 2. The molecule has 0 radical (unpaired) electrons. The summed E-state index contributed by atoms with van der Waals surface area (Å²) < 4.78 is 45.3. The molecule has 0 aliphatic heterocycles. The van der Waals surface area contributed by atoms with E-state index in [0.29, 0.717) is 18.4 Å². The molecule has 1 aliphatic carbocycles. The lowest BCUT2D eigenvalue weighted by molar-refractivity contribution is -0.207. The highest BCUT2D eigenvalue weighted by molar-refractivity contribution is 5.92. The van der Waals surface area contributed by atoms with Crippen molar-refractivity contribution in [1.29, 1.82) is 0 Å². The van der Waals surface area contributed by atoms with Gasteiger partial charge in [0, 0.05) is 5.56 Å². The molecule has 0 saturated heterocycles. The highest BCUT2D eigenvalue weighted by atomic mass is 19.4. The second-order valence-corrected chi connectivity index (χ2v) is 8.88. The number of nitrogens with one attached hydrogen (secondary N) is 2. The van der Waals surface area contributed by atoms with Crippen LogP contribution >= 0.6 is 0 Å². The maximum Gasteiger partial charge on any atom is 0.418 e. The highest BCUT2D eigenvalue weighted by Crippen LogP contribution is 2.44. The second-order valence-electron chi connectivity index (χ2n) is 8.88. The van der Waals surface area contributed by atoms with Crippen molar-refractivity contribution in [3.8, 4) is 5.75 Å². The standard InChI is InChI=1S/C24H29F3N2O4/c1-5-23(2,3)14-11-16(21(31)24(25,26)27)20(33-4)18(12-14)29-22(32)28-17-10-13-8-6-7-9-15(13)19(17)30/h6-9,11-12,17,19,21,30-31H,5,10H2,1-4H3,(H2,28,29,32)/t17-,19+,21?/m1/s1. The first-order valence-electron chi connectivity index (χ1n) is 10.7. The number of ether oxygens (including phenoxy) is 1. The summed E-state index contributed by atoms with van der Waals surface area (Å²) in [6.45, 7) is 5.60. The molecule has 0 bridgehead atoms. The predicted octanol–water partition coefficient (Wildman–Crippen LogP) is 4.76. The summed E-state index contributed by atoms with van der Waals surface area (Å²) >= 11 is 0. The lowest BCUT2D eigenvalue weighted by Gasteiger charge is -2.28. The summed E-state index contributed by atoms with van der Waals surface area (Å²) in [4.78, 5) is 12.8. The van der Waals surface area contributed by atoms with Gasteiger partial charge in [0.15, 0.2) is 6.10 Å². The Morgan fingerprint density at radius 2 is 1.91 bits per heavy atom. The molecule has 6 nitrogen and oxygen atoms in total. The topological polar surface area (TPSA) is 90.8 Å². The molecule has 2 amide bonds. The molecule has 0 heterocycles. The van der Waals surface area contributed by atoms with Gasteiger partial charge in [0.25, 0.3) is 0 Å². The average molecular weight is 467 g/mol. The molecule has 2 aromatic rings. The molecular weight excluding hydrogens is 437 g/mol. The van der Waals surface area contributed by atoms with Crippen LogP contribution in [0.3, 0.4) is 0 Å². The van der Waals surface area contributed by atoms with Gasteiger partial charge < -0.3 is 25.6 Å². The number of aliphatic hydroxyl groups excluding tert-OH is 2. The van der Waals surface area contributed by atoms with Crippen molar-refractivity contribution < 1.29 is 32.9 Å². The Bertz CT molecular complexity index is 1020. The maximum atomic E-state index is 13.4. The van der Waals surface area contributed by atoms with E-state index in [1.807, 2.05) is 32.9 Å². The first-order chi connectivity index (χ1) is 15.4. The van der Waals surface area contributed by atoms with Crippen LogP contribution in [0.15, 0.2) is 36.4 Å². The maximum absolute atomic E-state index is 13.4. The van der Waals surface area contributed by atoms with Crippen LogP contribution in [0.5, 0.6) is 5.75 Å². The molecule has 180 valence electrons. The van der Waals surface area contributed by atoms with E-state index in [1.165, 1.54) is 13.2 Å². The minimum atomic E-state index is -4.92. The van der Waals surface area contributed by atoms with Crippen LogP contribution in [-0.2, 0) is 11.8 Å². The monoisotopic (exact) mass is 466 g/mol. The smallest absolute Gasteiger partial charge is 0.418 e. The largest absolute Gasteiger partial charge is 0.494 e. The van der Waals surface area contributed by atoms with E-state index in [9.17, 15) is 28.2 Å². The van der Waals surface area contributed by atoms with Crippen molar-refractivity contribution in [3.63, 3.8) is 0 Å². The number of alkyl halides is 3. The van der Waals surface area contributed by atoms with Crippen LogP contribution in [0, 0.1) is 0 Å². The zero-order valence-corrected chi connectivity index (χ0v) is 19.0. The van der Waals surface area contributed by atoms with Crippen molar-refractivity contribution in [1.82, 2.24) is 5.32 Å². The van der Waals surface area contributed by atoms with E-state index in [1.54, 1.807) is 18.2 Å². The number of amides is 2. The Morgan fingerprint density at radius 1 is 1.24 bits per heavy atom. The second kappa shape index (κ2) is 9.23. The molecule has 0 fully saturated rings. The van der Waals surface area contributed by atoms with Gasteiger partial charge in [0.05, 0.1) is 24.9 Å². The minimum Gasteiger partial charge on any atom is -0.494 e. The van der Waals surface area contributed by atoms with Crippen LogP contribution in [-0.4, -0.2) is 35.6 Å². The molecule has 1 aliphatic rings. The number of anilines is 1. The van der Waals surface area contributed by atoms with Crippen molar-refractivity contribution in [2.24, 2.45) is 0 Å². The quantitative estimate of drug-likeness (QED) is 0.494. The van der Waals surface area contributed by atoms with E-state index in [4.69, 9.17) is 4.74 Å². The van der Waals surface area contributed by atoms with Gasteiger partial charge in [-0.25, -0.2) is 4.79 Å².